The fourth-order valence-electron chi connectivity index (χ4n) is 3.76. The van der Waals surface area contributed by atoms with E-state index in [1.807, 2.05) is 12.1 Å². The van der Waals surface area contributed by atoms with Crippen LogP contribution in [0.2, 0.25) is 0 Å². The fourth-order valence-corrected chi connectivity index (χ4v) is 5.38. The molecule has 0 bridgehead atoms. The van der Waals surface area contributed by atoms with Gasteiger partial charge in [-0.1, -0.05) is 18.2 Å². The average molecular weight is 375 g/mol. The molecular formula is C19H18FNO4S. The van der Waals surface area contributed by atoms with Crippen LogP contribution in [0.25, 0.3) is 0 Å². The summed E-state index contributed by atoms with van der Waals surface area (Å²) in [6.07, 6.45) is 1.14. The van der Waals surface area contributed by atoms with Crippen molar-refractivity contribution in [3.8, 4) is 0 Å². The first-order chi connectivity index (χ1) is 12.3. The van der Waals surface area contributed by atoms with E-state index >= 15 is 0 Å². The van der Waals surface area contributed by atoms with Crippen molar-refractivity contribution in [2.24, 2.45) is 0 Å². The molecule has 4 rings (SSSR count). The maximum Gasteiger partial charge on any atom is 0.339 e. The lowest BCUT2D eigenvalue weighted by molar-refractivity contribution is -0.0345. The number of carbonyl (C=O) groups is 1. The molecule has 2 aromatic carbocycles. The number of hydrogen-bond donors (Lipinski definition) is 0. The van der Waals surface area contributed by atoms with Gasteiger partial charge in [-0.15, -0.1) is 0 Å². The first-order valence-electron chi connectivity index (χ1n) is 8.43. The molecule has 0 amide bonds. The van der Waals surface area contributed by atoms with Gasteiger partial charge in [0.05, 0.1) is 17.0 Å². The Balaban J connectivity index is 1.72. The third kappa shape index (κ3) is 2.54. The highest BCUT2D eigenvalue weighted by atomic mass is 32.2. The molecule has 0 aliphatic carbocycles. The van der Waals surface area contributed by atoms with Crippen LogP contribution >= 0.6 is 0 Å². The molecule has 1 fully saturated rings. The molecule has 0 aromatic heterocycles. The number of esters is 1. The number of carbonyl (C=O) groups excluding carboxylic acids is 1. The Morgan fingerprint density at radius 2 is 1.96 bits per heavy atom. The van der Waals surface area contributed by atoms with Crippen molar-refractivity contribution in [2.45, 2.75) is 30.3 Å². The van der Waals surface area contributed by atoms with Gasteiger partial charge in [-0.2, -0.15) is 4.31 Å². The first kappa shape index (κ1) is 17.2. The van der Waals surface area contributed by atoms with Gasteiger partial charge in [0, 0.05) is 12.1 Å². The Kier molecular flexibility index (Phi) is 3.89. The molecule has 0 N–H and O–H groups in total. The van der Waals surface area contributed by atoms with Gasteiger partial charge in [0.25, 0.3) is 0 Å². The van der Waals surface area contributed by atoms with Crippen molar-refractivity contribution in [1.29, 1.82) is 0 Å². The Morgan fingerprint density at radius 3 is 2.73 bits per heavy atom. The normalized spacial score (nSPS) is 23.1. The second kappa shape index (κ2) is 5.89. The molecule has 1 unspecified atom stereocenters. The van der Waals surface area contributed by atoms with Crippen molar-refractivity contribution in [2.75, 3.05) is 13.1 Å². The van der Waals surface area contributed by atoms with Gasteiger partial charge in [-0.25, -0.2) is 17.6 Å². The van der Waals surface area contributed by atoms with Crippen LogP contribution in [0.4, 0.5) is 4.39 Å². The van der Waals surface area contributed by atoms with Crippen molar-refractivity contribution in [3.05, 3.63) is 65.0 Å². The molecule has 2 aromatic rings. The van der Waals surface area contributed by atoms with Crippen LogP contribution in [-0.2, 0) is 20.4 Å². The third-order valence-electron chi connectivity index (χ3n) is 5.11. The number of fused-ring (bicyclic) bond motifs is 2. The van der Waals surface area contributed by atoms with Crippen molar-refractivity contribution in [1.82, 2.24) is 4.31 Å². The number of benzene rings is 2. The van der Waals surface area contributed by atoms with E-state index < -0.39 is 27.4 Å². The molecule has 2 heterocycles. The SMILES string of the molecule is Cc1cc(S(=O)(=O)N2CCCC3(C2)OC(=O)c2ccccc23)ccc1F. The Hall–Kier alpha value is -2.25. The number of halogens is 1. The van der Waals surface area contributed by atoms with Crippen molar-refractivity contribution >= 4 is 16.0 Å². The standard InChI is InChI=1S/C19H18FNO4S/c1-13-11-14(7-8-17(13)20)26(23,24)21-10-4-9-19(12-21)16-6-3-2-5-15(16)18(22)25-19/h2-3,5-8,11H,4,9-10,12H2,1H3. The fraction of sp³-hybridized carbons (Fsp3) is 0.316. The molecule has 5 nitrogen and oxygen atoms in total. The molecule has 7 heteroatoms. The summed E-state index contributed by atoms with van der Waals surface area (Å²) in [5.74, 6) is -0.866. The minimum absolute atomic E-state index is 0.0473. The average Bonchev–Trinajstić information content (AvgIpc) is 2.89. The van der Waals surface area contributed by atoms with E-state index in [9.17, 15) is 17.6 Å². The quantitative estimate of drug-likeness (QED) is 0.757. The van der Waals surface area contributed by atoms with E-state index in [-0.39, 0.29) is 17.0 Å². The third-order valence-corrected chi connectivity index (χ3v) is 6.95. The molecule has 1 saturated heterocycles. The number of piperidine rings is 1. The Labute approximate surface area is 151 Å². The predicted octanol–water partition coefficient (Wildman–Crippen LogP) is 2.98. The zero-order valence-corrected chi connectivity index (χ0v) is 15.1. The summed E-state index contributed by atoms with van der Waals surface area (Å²) in [6.45, 7) is 1.93. The van der Waals surface area contributed by atoms with Crippen molar-refractivity contribution in [3.63, 3.8) is 0 Å². The highest BCUT2D eigenvalue weighted by molar-refractivity contribution is 7.89. The summed E-state index contributed by atoms with van der Waals surface area (Å²) >= 11 is 0. The number of ether oxygens (including phenoxy) is 1. The summed E-state index contributed by atoms with van der Waals surface area (Å²) in [5, 5.41) is 0. The molecule has 2 aliphatic rings. The highest BCUT2D eigenvalue weighted by Crippen LogP contribution is 2.43. The summed E-state index contributed by atoms with van der Waals surface area (Å²) in [7, 11) is -3.81. The van der Waals surface area contributed by atoms with Crippen molar-refractivity contribution < 1.29 is 22.3 Å². The molecular weight excluding hydrogens is 357 g/mol. The van der Waals surface area contributed by atoms with Gasteiger partial charge < -0.3 is 4.74 Å². The largest absolute Gasteiger partial charge is 0.449 e. The molecule has 0 saturated carbocycles. The molecule has 0 radical (unpaired) electrons. The van der Waals surface area contributed by atoms with E-state index in [1.165, 1.54) is 23.4 Å². The van der Waals surface area contributed by atoms with Gasteiger partial charge in [0.15, 0.2) is 5.60 Å². The molecule has 26 heavy (non-hydrogen) atoms. The minimum atomic E-state index is -3.81. The van der Waals surface area contributed by atoms with E-state index in [1.54, 1.807) is 12.1 Å². The number of hydrogen-bond acceptors (Lipinski definition) is 4. The zero-order valence-electron chi connectivity index (χ0n) is 14.2. The van der Waals surface area contributed by atoms with Crippen LogP contribution in [0.5, 0.6) is 0 Å². The topological polar surface area (TPSA) is 63.7 Å². The lowest BCUT2D eigenvalue weighted by atomic mass is 9.86. The highest BCUT2D eigenvalue weighted by Gasteiger charge is 2.50. The van der Waals surface area contributed by atoms with E-state index in [2.05, 4.69) is 0 Å². The maximum absolute atomic E-state index is 13.5. The van der Waals surface area contributed by atoms with Crippen LogP contribution in [0.15, 0.2) is 47.4 Å². The summed E-state index contributed by atoms with van der Waals surface area (Å²) in [4.78, 5) is 12.3. The van der Waals surface area contributed by atoms with Gasteiger partial charge >= 0.3 is 5.97 Å². The lowest BCUT2D eigenvalue weighted by Crippen LogP contribution is -2.48. The van der Waals surface area contributed by atoms with E-state index in [0.717, 1.165) is 11.6 Å². The van der Waals surface area contributed by atoms with Crippen LogP contribution in [0.3, 0.4) is 0 Å². The second-order valence-electron chi connectivity index (χ2n) is 6.78. The maximum atomic E-state index is 13.5. The molecule has 1 atom stereocenters. The molecule has 136 valence electrons. The van der Waals surface area contributed by atoms with Gasteiger partial charge in [-0.05, 0) is 49.6 Å². The monoisotopic (exact) mass is 375 g/mol. The van der Waals surface area contributed by atoms with Crippen LogP contribution < -0.4 is 0 Å². The summed E-state index contributed by atoms with van der Waals surface area (Å²) in [6, 6.07) is 10.9. The van der Waals surface area contributed by atoms with Crippen LogP contribution in [0.1, 0.15) is 34.3 Å². The van der Waals surface area contributed by atoms with E-state index in [0.29, 0.717) is 24.9 Å². The number of nitrogens with zero attached hydrogens (tertiary/aromatic N) is 1. The van der Waals surface area contributed by atoms with Crippen LogP contribution in [0, 0.1) is 12.7 Å². The predicted molar refractivity (Wildman–Crippen MR) is 92.7 cm³/mol. The molecule has 2 aliphatic heterocycles. The first-order valence-corrected chi connectivity index (χ1v) is 9.87. The van der Waals surface area contributed by atoms with Gasteiger partial charge in [-0.3, -0.25) is 0 Å². The minimum Gasteiger partial charge on any atom is -0.449 e. The van der Waals surface area contributed by atoms with Gasteiger partial charge in [0.2, 0.25) is 10.0 Å². The Bertz CT molecular complexity index is 1000. The number of rotatable bonds is 2. The number of aryl methyl sites for hydroxylation is 1. The number of sulfonamides is 1. The summed E-state index contributed by atoms with van der Waals surface area (Å²) in [5.41, 5.74) is 0.550. The molecule has 1 spiro atoms. The van der Waals surface area contributed by atoms with Crippen LogP contribution in [-0.4, -0.2) is 31.8 Å². The van der Waals surface area contributed by atoms with E-state index in [4.69, 9.17) is 4.74 Å². The smallest absolute Gasteiger partial charge is 0.339 e. The Morgan fingerprint density at radius 1 is 1.19 bits per heavy atom. The zero-order chi connectivity index (χ0) is 18.5. The van der Waals surface area contributed by atoms with Gasteiger partial charge in [0.1, 0.15) is 5.82 Å². The second-order valence-corrected chi connectivity index (χ2v) is 8.72. The lowest BCUT2D eigenvalue weighted by Gasteiger charge is -2.38. The summed E-state index contributed by atoms with van der Waals surface area (Å²) < 4.78 is 46.6.